The van der Waals surface area contributed by atoms with Gasteiger partial charge in [-0.05, 0) is 61.1 Å². The molecule has 0 aliphatic carbocycles. The highest BCUT2D eigenvalue weighted by Gasteiger charge is 2.19. The highest BCUT2D eigenvalue weighted by atomic mass is 16.5. The van der Waals surface area contributed by atoms with Crippen LogP contribution in [0, 0.1) is 0 Å². The number of rotatable bonds is 9. The zero-order chi connectivity index (χ0) is 19.1. The molecule has 2 heterocycles. The van der Waals surface area contributed by atoms with Crippen LogP contribution in [0.25, 0.3) is 0 Å². The number of aliphatic hydroxyl groups excluding tert-OH is 1. The number of hydrogen-bond donors (Lipinski definition) is 1. The van der Waals surface area contributed by atoms with E-state index in [-0.39, 0.29) is 6.61 Å². The standard InChI is InChI=1S/C22H31NO4/c1-3-11-25-21-13-17-7-9-23(15-19-5-6-20(16-24)27-19)10-8-18(17)14-22(21)26-12-4-2/h5-6,13-14,24H,3-4,7-12,15-16H2,1-2H3. The maximum absolute atomic E-state index is 9.16. The lowest BCUT2D eigenvalue weighted by Gasteiger charge is -2.17. The van der Waals surface area contributed by atoms with Crippen molar-refractivity contribution in [3.63, 3.8) is 0 Å². The first-order valence-electron chi connectivity index (χ1n) is 10.1. The van der Waals surface area contributed by atoms with Gasteiger partial charge in [-0.25, -0.2) is 0 Å². The van der Waals surface area contributed by atoms with Gasteiger partial charge < -0.3 is 19.0 Å². The van der Waals surface area contributed by atoms with E-state index in [1.54, 1.807) is 0 Å². The molecule has 0 saturated heterocycles. The van der Waals surface area contributed by atoms with Gasteiger partial charge in [-0.2, -0.15) is 0 Å². The van der Waals surface area contributed by atoms with Gasteiger partial charge in [-0.3, -0.25) is 4.90 Å². The summed E-state index contributed by atoms with van der Waals surface area (Å²) in [5.41, 5.74) is 2.70. The molecule has 148 valence electrons. The van der Waals surface area contributed by atoms with Crippen molar-refractivity contribution in [2.45, 2.75) is 52.7 Å². The van der Waals surface area contributed by atoms with E-state index >= 15 is 0 Å². The predicted octanol–water partition coefficient (Wildman–Crippen LogP) is 3.95. The fraction of sp³-hybridized carbons (Fsp3) is 0.545. The number of fused-ring (bicyclic) bond motifs is 1. The lowest BCUT2D eigenvalue weighted by molar-refractivity contribution is 0.223. The maximum atomic E-state index is 9.16. The summed E-state index contributed by atoms with van der Waals surface area (Å²) in [5, 5.41) is 9.16. The summed E-state index contributed by atoms with van der Waals surface area (Å²) in [6, 6.07) is 8.15. The molecule has 0 bridgehead atoms. The smallest absolute Gasteiger partial charge is 0.161 e. The van der Waals surface area contributed by atoms with Crippen molar-refractivity contribution in [3.05, 3.63) is 46.9 Å². The van der Waals surface area contributed by atoms with E-state index < -0.39 is 0 Å². The first kappa shape index (κ1) is 19.8. The van der Waals surface area contributed by atoms with Crippen LogP contribution in [-0.2, 0) is 26.0 Å². The van der Waals surface area contributed by atoms with Crippen LogP contribution in [0.15, 0.2) is 28.7 Å². The van der Waals surface area contributed by atoms with Crippen LogP contribution in [0.4, 0.5) is 0 Å². The second kappa shape index (κ2) is 9.81. The number of benzene rings is 1. The summed E-state index contributed by atoms with van der Waals surface area (Å²) in [4.78, 5) is 2.40. The van der Waals surface area contributed by atoms with Gasteiger partial charge >= 0.3 is 0 Å². The predicted molar refractivity (Wildman–Crippen MR) is 105 cm³/mol. The third-order valence-electron chi connectivity index (χ3n) is 4.84. The molecule has 0 spiro atoms. The van der Waals surface area contributed by atoms with E-state index in [0.29, 0.717) is 19.0 Å². The molecule has 1 aliphatic rings. The van der Waals surface area contributed by atoms with Crippen LogP contribution in [0.3, 0.4) is 0 Å². The second-order valence-corrected chi connectivity index (χ2v) is 7.07. The number of nitrogens with zero attached hydrogens (tertiary/aromatic N) is 1. The van der Waals surface area contributed by atoms with Gasteiger partial charge in [0.15, 0.2) is 11.5 Å². The highest BCUT2D eigenvalue weighted by Crippen LogP contribution is 2.33. The van der Waals surface area contributed by atoms with Crippen LogP contribution in [0.2, 0.25) is 0 Å². The monoisotopic (exact) mass is 373 g/mol. The average Bonchev–Trinajstić information content (AvgIpc) is 3.06. The summed E-state index contributed by atoms with van der Waals surface area (Å²) in [6.45, 7) is 8.32. The van der Waals surface area contributed by atoms with Crippen LogP contribution in [0.1, 0.15) is 49.3 Å². The molecule has 0 amide bonds. The summed E-state index contributed by atoms with van der Waals surface area (Å²) in [7, 11) is 0. The van der Waals surface area contributed by atoms with Gasteiger partial charge in [0.1, 0.15) is 18.1 Å². The van der Waals surface area contributed by atoms with E-state index in [9.17, 15) is 0 Å². The van der Waals surface area contributed by atoms with Crippen molar-refractivity contribution in [2.75, 3.05) is 26.3 Å². The molecule has 2 aromatic rings. The minimum atomic E-state index is -0.0491. The number of aliphatic hydroxyl groups is 1. The molecule has 0 saturated carbocycles. The van der Waals surface area contributed by atoms with Crippen molar-refractivity contribution in [3.8, 4) is 11.5 Å². The van der Waals surface area contributed by atoms with Crippen LogP contribution in [-0.4, -0.2) is 36.3 Å². The molecule has 1 aromatic carbocycles. The van der Waals surface area contributed by atoms with Gasteiger partial charge in [0.2, 0.25) is 0 Å². The average molecular weight is 373 g/mol. The summed E-state index contributed by atoms with van der Waals surface area (Å²) in [6.07, 6.45) is 3.94. The van der Waals surface area contributed by atoms with Crippen LogP contribution >= 0.6 is 0 Å². The second-order valence-electron chi connectivity index (χ2n) is 7.07. The van der Waals surface area contributed by atoms with Crippen molar-refractivity contribution in [1.82, 2.24) is 4.90 Å². The van der Waals surface area contributed by atoms with Gasteiger partial charge in [-0.15, -0.1) is 0 Å². The fourth-order valence-corrected chi connectivity index (χ4v) is 3.40. The molecule has 0 unspecified atom stereocenters. The van der Waals surface area contributed by atoms with Gasteiger partial charge in [-0.1, -0.05) is 13.8 Å². The lowest BCUT2D eigenvalue weighted by atomic mass is 10.0. The topological polar surface area (TPSA) is 55.1 Å². The Morgan fingerprint density at radius 2 is 1.48 bits per heavy atom. The summed E-state index contributed by atoms with van der Waals surface area (Å²) >= 11 is 0. The van der Waals surface area contributed by atoms with Crippen molar-refractivity contribution >= 4 is 0 Å². The molecule has 1 N–H and O–H groups in total. The minimum absolute atomic E-state index is 0.0491. The molecule has 3 rings (SSSR count). The zero-order valence-corrected chi connectivity index (χ0v) is 16.5. The zero-order valence-electron chi connectivity index (χ0n) is 16.5. The van der Waals surface area contributed by atoms with Crippen molar-refractivity contribution < 1.29 is 19.0 Å². The number of ether oxygens (including phenoxy) is 2. The molecular formula is C22H31NO4. The van der Waals surface area contributed by atoms with E-state index in [2.05, 4.69) is 30.9 Å². The minimum Gasteiger partial charge on any atom is -0.490 e. The van der Waals surface area contributed by atoms with Crippen LogP contribution < -0.4 is 9.47 Å². The molecular weight excluding hydrogens is 342 g/mol. The first-order chi connectivity index (χ1) is 13.2. The number of furan rings is 1. The Morgan fingerprint density at radius 3 is 1.96 bits per heavy atom. The summed E-state index contributed by atoms with van der Waals surface area (Å²) in [5.74, 6) is 3.27. The number of hydrogen-bond acceptors (Lipinski definition) is 5. The molecule has 5 nitrogen and oxygen atoms in total. The third kappa shape index (κ3) is 5.27. The molecule has 0 atom stereocenters. The van der Waals surface area contributed by atoms with Gasteiger partial charge in [0.05, 0.1) is 19.8 Å². The molecule has 1 aliphatic heterocycles. The molecule has 5 heteroatoms. The van der Waals surface area contributed by atoms with Crippen molar-refractivity contribution in [2.24, 2.45) is 0 Å². The van der Waals surface area contributed by atoms with E-state index in [1.165, 1.54) is 11.1 Å². The first-order valence-corrected chi connectivity index (χ1v) is 10.1. The summed E-state index contributed by atoms with van der Waals surface area (Å²) < 4.78 is 17.5. The molecule has 0 fully saturated rings. The SMILES string of the molecule is CCCOc1cc2c(cc1OCCC)CCN(Cc1ccc(CO)o1)CC2. The Kier molecular flexibility index (Phi) is 7.18. The molecule has 0 radical (unpaired) electrons. The Balaban J connectivity index is 1.71. The van der Waals surface area contributed by atoms with Gasteiger partial charge in [0.25, 0.3) is 0 Å². The Bertz CT molecular complexity index is 686. The van der Waals surface area contributed by atoms with Crippen molar-refractivity contribution in [1.29, 1.82) is 0 Å². The van der Waals surface area contributed by atoms with E-state index in [1.807, 2.05) is 12.1 Å². The Morgan fingerprint density at radius 1 is 0.926 bits per heavy atom. The van der Waals surface area contributed by atoms with Crippen LogP contribution in [0.5, 0.6) is 11.5 Å². The van der Waals surface area contributed by atoms with E-state index in [0.717, 1.165) is 62.6 Å². The third-order valence-corrected chi connectivity index (χ3v) is 4.84. The quantitative estimate of drug-likeness (QED) is 0.721. The Hall–Kier alpha value is -1.98. The van der Waals surface area contributed by atoms with Gasteiger partial charge in [0, 0.05) is 13.1 Å². The lowest BCUT2D eigenvalue weighted by Crippen LogP contribution is -2.25. The normalized spacial score (nSPS) is 14.6. The Labute approximate surface area is 161 Å². The molecule has 27 heavy (non-hydrogen) atoms. The van der Waals surface area contributed by atoms with E-state index in [4.69, 9.17) is 19.0 Å². The highest BCUT2D eigenvalue weighted by molar-refractivity contribution is 5.48. The molecule has 1 aromatic heterocycles. The maximum Gasteiger partial charge on any atom is 0.161 e. The fourth-order valence-electron chi connectivity index (χ4n) is 3.40. The largest absolute Gasteiger partial charge is 0.490 e.